The Kier molecular flexibility index (Phi) is 4.22. The molecule has 1 N–H and O–H groups in total. The van der Waals surface area contributed by atoms with Crippen molar-refractivity contribution in [1.29, 1.82) is 0 Å². The van der Waals surface area contributed by atoms with Gasteiger partial charge < -0.3 is 5.32 Å². The zero-order valence-electron chi connectivity index (χ0n) is 8.68. The SMILES string of the molecule is CNC(=O)CN1CCCCC(C)C1. The molecule has 1 unspecified atom stereocenters. The van der Waals surface area contributed by atoms with Crippen LogP contribution in [0.2, 0.25) is 0 Å². The number of hydrogen-bond acceptors (Lipinski definition) is 2. The Morgan fingerprint density at radius 2 is 2.31 bits per heavy atom. The highest BCUT2D eigenvalue weighted by molar-refractivity contribution is 5.77. The molecule has 0 aliphatic carbocycles. The second-order valence-electron chi connectivity index (χ2n) is 4.01. The summed E-state index contributed by atoms with van der Waals surface area (Å²) in [4.78, 5) is 13.4. The van der Waals surface area contributed by atoms with Crippen LogP contribution in [0, 0.1) is 5.92 Å². The van der Waals surface area contributed by atoms with Gasteiger partial charge >= 0.3 is 0 Å². The van der Waals surface area contributed by atoms with Gasteiger partial charge in [-0.3, -0.25) is 9.69 Å². The van der Waals surface area contributed by atoms with Crippen LogP contribution in [0.1, 0.15) is 26.2 Å². The van der Waals surface area contributed by atoms with E-state index in [1.54, 1.807) is 7.05 Å². The van der Waals surface area contributed by atoms with Crippen LogP contribution < -0.4 is 5.32 Å². The highest BCUT2D eigenvalue weighted by Crippen LogP contribution is 2.14. The molecule has 1 aliphatic heterocycles. The van der Waals surface area contributed by atoms with Crippen LogP contribution in [0.15, 0.2) is 0 Å². The minimum atomic E-state index is 0.133. The number of hydrogen-bond donors (Lipinski definition) is 1. The summed E-state index contributed by atoms with van der Waals surface area (Å²) in [6.45, 7) is 4.99. The van der Waals surface area contributed by atoms with Crippen LogP contribution in [0.25, 0.3) is 0 Å². The third-order valence-electron chi connectivity index (χ3n) is 2.64. The lowest BCUT2D eigenvalue weighted by molar-refractivity contribution is -0.121. The molecular weight excluding hydrogens is 164 g/mol. The van der Waals surface area contributed by atoms with Crippen LogP contribution in [0.3, 0.4) is 0 Å². The number of nitrogens with one attached hydrogen (secondary N) is 1. The summed E-state index contributed by atoms with van der Waals surface area (Å²) in [5.41, 5.74) is 0. The molecule has 0 spiro atoms. The van der Waals surface area contributed by atoms with E-state index < -0.39 is 0 Å². The quantitative estimate of drug-likeness (QED) is 0.690. The summed E-state index contributed by atoms with van der Waals surface area (Å²) in [7, 11) is 1.70. The summed E-state index contributed by atoms with van der Waals surface area (Å²) < 4.78 is 0. The van der Waals surface area contributed by atoms with Gasteiger partial charge in [-0.15, -0.1) is 0 Å². The molecular formula is C10H20N2O. The first-order chi connectivity index (χ1) is 6.22. The van der Waals surface area contributed by atoms with Gasteiger partial charge in [0.25, 0.3) is 0 Å². The molecule has 3 nitrogen and oxygen atoms in total. The van der Waals surface area contributed by atoms with Crippen molar-refractivity contribution in [3.63, 3.8) is 0 Å². The zero-order valence-corrected chi connectivity index (χ0v) is 8.68. The molecule has 1 amide bonds. The van der Waals surface area contributed by atoms with Gasteiger partial charge in [0, 0.05) is 13.6 Å². The van der Waals surface area contributed by atoms with Gasteiger partial charge in [0.15, 0.2) is 0 Å². The maximum atomic E-state index is 11.1. The maximum absolute atomic E-state index is 11.1. The standard InChI is InChI=1S/C10H20N2O/c1-9-5-3-4-6-12(7-9)8-10(13)11-2/h9H,3-8H2,1-2H3,(H,11,13). The van der Waals surface area contributed by atoms with E-state index in [-0.39, 0.29) is 5.91 Å². The lowest BCUT2D eigenvalue weighted by Crippen LogP contribution is -2.37. The number of likely N-dealkylation sites (tertiary alicyclic amines) is 1. The van der Waals surface area contributed by atoms with Crippen LogP contribution in [0.4, 0.5) is 0 Å². The number of nitrogens with zero attached hydrogens (tertiary/aromatic N) is 1. The fraction of sp³-hybridized carbons (Fsp3) is 0.900. The van der Waals surface area contributed by atoms with E-state index in [1.165, 1.54) is 19.3 Å². The first-order valence-electron chi connectivity index (χ1n) is 5.15. The smallest absolute Gasteiger partial charge is 0.233 e. The maximum Gasteiger partial charge on any atom is 0.233 e. The molecule has 0 aromatic rings. The Bertz CT molecular complexity index is 170. The number of amides is 1. The van der Waals surface area contributed by atoms with Crippen molar-refractivity contribution in [2.45, 2.75) is 26.2 Å². The Hall–Kier alpha value is -0.570. The van der Waals surface area contributed by atoms with E-state index in [2.05, 4.69) is 17.1 Å². The molecule has 1 saturated heterocycles. The van der Waals surface area contributed by atoms with Gasteiger partial charge in [-0.05, 0) is 25.3 Å². The molecule has 0 aromatic heterocycles. The summed E-state index contributed by atoms with van der Waals surface area (Å²) in [5.74, 6) is 0.876. The lowest BCUT2D eigenvalue weighted by atomic mass is 10.1. The van der Waals surface area contributed by atoms with E-state index in [9.17, 15) is 4.79 Å². The summed E-state index contributed by atoms with van der Waals surface area (Å²) in [6.07, 6.45) is 3.86. The van der Waals surface area contributed by atoms with Crippen molar-refractivity contribution >= 4 is 5.91 Å². The molecule has 0 radical (unpaired) electrons. The van der Waals surface area contributed by atoms with E-state index in [4.69, 9.17) is 0 Å². The van der Waals surface area contributed by atoms with Crippen molar-refractivity contribution in [1.82, 2.24) is 10.2 Å². The largest absolute Gasteiger partial charge is 0.358 e. The van der Waals surface area contributed by atoms with Gasteiger partial charge in [-0.2, -0.15) is 0 Å². The minimum absolute atomic E-state index is 0.133. The average Bonchev–Trinajstić information content (AvgIpc) is 2.30. The lowest BCUT2D eigenvalue weighted by Gasteiger charge is -2.20. The first kappa shape index (κ1) is 10.5. The van der Waals surface area contributed by atoms with Crippen molar-refractivity contribution < 1.29 is 4.79 Å². The van der Waals surface area contributed by atoms with Gasteiger partial charge in [-0.1, -0.05) is 13.3 Å². The molecule has 1 heterocycles. The molecule has 1 fully saturated rings. The number of likely N-dealkylation sites (N-methyl/N-ethyl adjacent to an activating group) is 1. The Morgan fingerprint density at radius 1 is 1.54 bits per heavy atom. The van der Waals surface area contributed by atoms with Gasteiger partial charge in [-0.25, -0.2) is 0 Å². The third-order valence-corrected chi connectivity index (χ3v) is 2.64. The second-order valence-corrected chi connectivity index (χ2v) is 4.01. The Labute approximate surface area is 80.5 Å². The molecule has 0 saturated carbocycles. The Balaban J connectivity index is 2.34. The van der Waals surface area contributed by atoms with Crippen molar-refractivity contribution in [3.05, 3.63) is 0 Å². The molecule has 13 heavy (non-hydrogen) atoms. The molecule has 0 aromatic carbocycles. The zero-order chi connectivity index (χ0) is 9.68. The van der Waals surface area contributed by atoms with Gasteiger partial charge in [0.05, 0.1) is 6.54 Å². The van der Waals surface area contributed by atoms with Gasteiger partial charge in [0.1, 0.15) is 0 Å². The van der Waals surface area contributed by atoms with E-state index >= 15 is 0 Å². The van der Waals surface area contributed by atoms with Gasteiger partial charge in [0.2, 0.25) is 5.91 Å². The molecule has 1 aliphatic rings. The normalized spacial score (nSPS) is 25.2. The molecule has 76 valence electrons. The molecule has 1 atom stereocenters. The molecule has 3 heteroatoms. The van der Waals surface area contributed by atoms with E-state index in [1.807, 2.05) is 0 Å². The summed E-state index contributed by atoms with van der Waals surface area (Å²) in [6, 6.07) is 0. The molecule has 0 bridgehead atoms. The predicted octanol–water partition coefficient (Wildman–Crippen LogP) is 0.854. The van der Waals surface area contributed by atoms with Crippen molar-refractivity contribution in [3.8, 4) is 0 Å². The summed E-state index contributed by atoms with van der Waals surface area (Å²) >= 11 is 0. The number of carbonyl (C=O) groups is 1. The summed E-state index contributed by atoms with van der Waals surface area (Å²) in [5, 5.41) is 2.67. The fourth-order valence-electron chi connectivity index (χ4n) is 1.88. The molecule has 1 rings (SSSR count). The van der Waals surface area contributed by atoms with Crippen LogP contribution in [-0.4, -0.2) is 37.5 Å². The fourth-order valence-corrected chi connectivity index (χ4v) is 1.88. The topological polar surface area (TPSA) is 32.3 Å². The van der Waals surface area contributed by atoms with Crippen molar-refractivity contribution in [2.24, 2.45) is 5.92 Å². The Morgan fingerprint density at radius 3 is 3.00 bits per heavy atom. The predicted molar refractivity (Wildman–Crippen MR) is 53.5 cm³/mol. The number of carbonyl (C=O) groups excluding carboxylic acids is 1. The van der Waals surface area contributed by atoms with E-state index in [0.29, 0.717) is 6.54 Å². The van der Waals surface area contributed by atoms with Crippen LogP contribution >= 0.6 is 0 Å². The highest BCUT2D eigenvalue weighted by Gasteiger charge is 2.16. The first-order valence-corrected chi connectivity index (χ1v) is 5.15. The third kappa shape index (κ3) is 3.77. The highest BCUT2D eigenvalue weighted by atomic mass is 16.1. The minimum Gasteiger partial charge on any atom is -0.358 e. The second kappa shape index (κ2) is 5.22. The monoisotopic (exact) mass is 184 g/mol. The van der Waals surface area contributed by atoms with Crippen LogP contribution in [0.5, 0.6) is 0 Å². The van der Waals surface area contributed by atoms with E-state index in [0.717, 1.165) is 19.0 Å². The van der Waals surface area contributed by atoms with Crippen LogP contribution in [-0.2, 0) is 4.79 Å². The average molecular weight is 184 g/mol. The number of rotatable bonds is 2. The van der Waals surface area contributed by atoms with Crippen molar-refractivity contribution in [2.75, 3.05) is 26.7 Å².